The molecule has 82 valence electrons. The van der Waals surface area contributed by atoms with Crippen LogP contribution >= 0.6 is 0 Å². The summed E-state index contributed by atoms with van der Waals surface area (Å²) in [4.78, 5) is 24.7. The van der Waals surface area contributed by atoms with E-state index in [1.807, 2.05) is 0 Å². The molecule has 1 aliphatic rings. The molecule has 1 fully saturated rings. The van der Waals surface area contributed by atoms with Crippen molar-refractivity contribution in [2.24, 2.45) is 0 Å². The Bertz CT molecular complexity index is 336. The summed E-state index contributed by atoms with van der Waals surface area (Å²) in [6, 6.07) is 0. The van der Waals surface area contributed by atoms with Crippen molar-refractivity contribution in [3.05, 3.63) is 0 Å². The molecule has 0 atom stereocenters. The fourth-order valence-electron chi connectivity index (χ4n) is 1.58. The number of hydrogen-bond acceptors (Lipinski definition) is 2. The van der Waals surface area contributed by atoms with Gasteiger partial charge in [-0.05, 0) is 20.8 Å². The van der Waals surface area contributed by atoms with Crippen molar-refractivity contribution in [1.29, 1.82) is 0 Å². The second-order valence-electron chi connectivity index (χ2n) is 4.08. The number of carbonyl (C=O) groups excluding carboxylic acids is 2. The Balaban J connectivity index is 2.66. The lowest BCUT2D eigenvalue weighted by atomic mass is 10.0. The number of piperazine rings is 1. The van der Waals surface area contributed by atoms with Gasteiger partial charge in [0.2, 0.25) is 11.8 Å². The summed E-state index contributed by atoms with van der Waals surface area (Å²) >= 11 is 0. The van der Waals surface area contributed by atoms with Crippen LogP contribution in [0.5, 0.6) is 0 Å². The van der Waals surface area contributed by atoms with Crippen LogP contribution in [0.25, 0.3) is 0 Å². The lowest BCUT2D eigenvalue weighted by Crippen LogP contribution is -2.63. The number of carbonyl (C=O) groups is 2. The van der Waals surface area contributed by atoms with E-state index in [1.54, 1.807) is 25.7 Å². The van der Waals surface area contributed by atoms with Crippen molar-refractivity contribution in [3.8, 4) is 11.8 Å². The molecule has 15 heavy (non-hydrogen) atoms. The Morgan fingerprint density at radius 2 is 2.13 bits per heavy atom. The van der Waals surface area contributed by atoms with Crippen LogP contribution in [-0.2, 0) is 9.59 Å². The fourth-order valence-corrected chi connectivity index (χ4v) is 1.58. The average molecular weight is 208 g/mol. The van der Waals surface area contributed by atoms with Crippen molar-refractivity contribution < 1.29 is 9.59 Å². The molecule has 1 N–H and O–H groups in total. The Morgan fingerprint density at radius 3 is 2.73 bits per heavy atom. The van der Waals surface area contributed by atoms with E-state index in [4.69, 9.17) is 0 Å². The zero-order chi connectivity index (χ0) is 11.5. The maximum Gasteiger partial charge on any atom is 0.248 e. The minimum atomic E-state index is -0.783. The summed E-state index contributed by atoms with van der Waals surface area (Å²) < 4.78 is 0. The molecule has 0 aromatic rings. The normalized spacial score (nSPS) is 19.3. The van der Waals surface area contributed by atoms with E-state index in [-0.39, 0.29) is 18.4 Å². The van der Waals surface area contributed by atoms with E-state index in [0.717, 1.165) is 0 Å². The smallest absolute Gasteiger partial charge is 0.248 e. The highest BCUT2D eigenvalue weighted by atomic mass is 16.2. The Labute approximate surface area is 90.0 Å². The molecule has 0 aliphatic carbocycles. The largest absolute Gasteiger partial charge is 0.341 e. The van der Waals surface area contributed by atoms with Gasteiger partial charge in [0.1, 0.15) is 5.54 Å². The molecule has 2 amide bonds. The number of hydrogen-bond donors (Lipinski definition) is 1. The zero-order valence-corrected chi connectivity index (χ0v) is 9.39. The van der Waals surface area contributed by atoms with E-state index < -0.39 is 5.54 Å². The molecule has 1 saturated heterocycles. The molecular formula is C11H16N2O2. The summed E-state index contributed by atoms with van der Waals surface area (Å²) in [5.41, 5.74) is -0.783. The second-order valence-corrected chi connectivity index (χ2v) is 4.08. The highest BCUT2D eigenvalue weighted by Crippen LogP contribution is 2.12. The van der Waals surface area contributed by atoms with Crippen LogP contribution in [0.2, 0.25) is 0 Å². The van der Waals surface area contributed by atoms with Crippen molar-refractivity contribution >= 4 is 11.8 Å². The van der Waals surface area contributed by atoms with Gasteiger partial charge in [0.25, 0.3) is 0 Å². The summed E-state index contributed by atoms with van der Waals surface area (Å²) in [5.74, 6) is 5.50. The number of rotatable bonds is 2. The first-order valence-corrected chi connectivity index (χ1v) is 4.97. The second kappa shape index (κ2) is 4.35. The van der Waals surface area contributed by atoms with E-state index in [9.17, 15) is 9.59 Å². The van der Waals surface area contributed by atoms with Crippen molar-refractivity contribution in [2.75, 3.05) is 13.1 Å². The van der Waals surface area contributed by atoms with Crippen LogP contribution in [0.15, 0.2) is 0 Å². The van der Waals surface area contributed by atoms with Crippen LogP contribution < -0.4 is 5.32 Å². The third-order valence-electron chi connectivity index (χ3n) is 2.29. The minimum Gasteiger partial charge on any atom is -0.341 e. The zero-order valence-electron chi connectivity index (χ0n) is 9.39. The van der Waals surface area contributed by atoms with E-state index >= 15 is 0 Å². The van der Waals surface area contributed by atoms with Crippen molar-refractivity contribution in [1.82, 2.24) is 10.2 Å². The molecule has 0 spiro atoms. The van der Waals surface area contributed by atoms with Gasteiger partial charge in [-0.25, -0.2) is 0 Å². The van der Waals surface area contributed by atoms with Gasteiger partial charge in [-0.2, -0.15) is 0 Å². The number of nitrogens with zero attached hydrogens (tertiary/aromatic N) is 1. The molecule has 1 heterocycles. The molecule has 1 rings (SSSR count). The quantitative estimate of drug-likeness (QED) is 0.656. The highest BCUT2D eigenvalue weighted by Gasteiger charge is 2.38. The van der Waals surface area contributed by atoms with E-state index in [1.165, 1.54) is 0 Å². The van der Waals surface area contributed by atoms with Gasteiger partial charge >= 0.3 is 0 Å². The molecule has 1 aliphatic heterocycles. The molecule has 0 unspecified atom stereocenters. The maximum absolute atomic E-state index is 11.8. The molecule has 0 saturated carbocycles. The Morgan fingerprint density at radius 1 is 1.47 bits per heavy atom. The summed E-state index contributed by atoms with van der Waals surface area (Å²) in [6.45, 7) is 5.86. The first-order chi connectivity index (χ1) is 6.97. The lowest BCUT2D eigenvalue weighted by Gasteiger charge is -2.37. The maximum atomic E-state index is 11.8. The van der Waals surface area contributed by atoms with E-state index in [2.05, 4.69) is 17.2 Å². The third-order valence-corrected chi connectivity index (χ3v) is 2.29. The first-order valence-electron chi connectivity index (χ1n) is 4.97. The van der Waals surface area contributed by atoms with Gasteiger partial charge in [-0.3, -0.25) is 9.59 Å². The third kappa shape index (κ3) is 2.72. The van der Waals surface area contributed by atoms with Gasteiger partial charge in [-0.1, -0.05) is 0 Å². The molecule has 0 bridgehead atoms. The van der Waals surface area contributed by atoms with Crippen LogP contribution in [0.4, 0.5) is 0 Å². The Hall–Kier alpha value is -1.50. The topological polar surface area (TPSA) is 49.4 Å². The summed E-state index contributed by atoms with van der Waals surface area (Å²) in [6.07, 6.45) is 0.617. The molecule has 0 radical (unpaired) electrons. The summed E-state index contributed by atoms with van der Waals surface area (Å²) in [7, 11) is 0. The fraction of sp³-hybridized carbons (Fsp3) is 0.636. The van der Waals surface area contributed by atoms with E-state index in [0.29, 0.717) is 13.0 Å². The standard InChI is InChI=1S/C11H16N2O2/c1-4-5-6-7-13-8-9(14)12-11(2,3)10(13)15/h6-8H2,1-3H3,(H,12,14). The molecule has 0 aromatic heterocycles. The van der Waals surface area contributed by atoms with Gasteiger partial charge in [0.15, 0.2) is 0 Å². The van der Waals surface area contributed by atoms with Crippen LogP contribution in [0.3, 0.4) is 0 Å². The highest BCUT2D eigenvalue weighted by molar-refractivity contribution is 5.97. The number of amides is 2. The average Bonchev–Trinajstić information content (AvgIpc) is 2.13. The van der Waals surface area contributed by atoms with Gasteiger partial charge in [-0.15, -0.1) is 11.8 Å². The SMILES string of the molecule is CC#CCCN1CC(=O)NC(C)(C)C1=O. The van der Waals surface area contributed by atoms with Crippen molar-refractivity contribution in [2.45, 2.75) is 32.7 Å². The number of nitrogens with one attached hydrogen (secondary N) is 1. The van der Waals surface area contributed by atoms with Gasteiger partial charge in [0, 0.05) is 13.0 Å². The molecular weight excluding hydrogens is 192 g/mol. The van der Waals surface area contributed by atoms with Crippen LogP contribution in [-0.4, -0.2) is 35.3 Å². The van der Waals surface area contributed by atoms with Crippen LogP contribution in [0, 0.1) is 11.8 Å². The first kappa shape index (κ1) is 11.6. The van der Waals surface area contributed by atoms with Crippen molar-refractivity contribution in [3.63, 3.8) is 0 Å². The lowest BCUT2D eigenvalue weighted by molar-refractivity contribution is -0.148. The molecule has 4 nitrogen and oxygen atoms in total. The van der Waals surface area contributed by atoms with Crippen LogP contribution in [0.1, 0.15) is 27.2 Å². The monoisotopic (exact) mass is 208 g/mol. The predicted octanol–water partition coefficient (Wildman–Crippen LogP) is 0.137. The van der Waals surface area contributed by atoms with Gasteiger partial charge < -0.3 is 10.2 Å². The minimum absolute atomic E-state index is 0.0417. The summed E-state index contributed by atoms with van der Waals surface area (Å²) in [5, 5.41) is 2.66. The molecule has 0 aromatic carbocycles. The predicted molar refractivity (Wildman–Crippen MR) is 56.9 cm³/mol. The Kier molecular flexibility index (Phi) is 3.35. The molecule has 4 heteroatoms. The van der Waals surface area contributed by atoms with Gasteiger partial charge in [0.05, 0.1) is 6.54 Å².